The van der Waals surface area contributed by atoms with Gasteiger partial charge in [0.25, 0.3) is 0 Å². The Morgan fingerprint density at radius 2 is 2.20 bits per heavy atom. The highest BCUT2D eigenvalue weighted by molar-refractivity contribution is 4.85. The monoisotopic (exact) mass is 214 g/mol. The average molecular weight is 214 g/mol. The fourth-order valence-electron chi connectivity index (χ4n) is 2.16. The maximum atomic E-state index is 5.53. The molecule has 1 heterocycles. The molecule has 1 saturated heterocycles. The van der Waals surface area contributed by atoms with Gasteiger partial charge in [-0.05, 0) is 39.2 Å². The van der Waals surface area contributed by atoms with Crippen molar-refractivity contribution in [2.24, 2.45) is 11.7 Å². The second-order valence-electron chi connectivity index (χ2n) is 5.35. The first-order valence-electron chi connectivity index (χ1n) is 6.09. The molecule has 1 aliphatic rings. The molecule has 90 valence electrons. The number of hydrogen-bond donors (Lipinski definition) is 1. The number of hydrogen-bond acceptors (Lipinski definition) is 3. The smallest absolute Gasteiger partial charge is 0.0645 e. The minimum Gasteiger partial charge on any atom is -0.378 e. The summed E-state index contributed by atoms with van der Waals surface area (Å²) in [5.74, 6) is 0.742. The number of nitrogens with two attached hydrogens (primary N) is 1. The van der Waals surface area contributed by atoms with E-state index in [1.807, 2.05) is 0 Å². The number of rotatable bonds is 5. The SMILES string of the molecule is CC(CCCN)CN1CCOCC1(C)C. The van der Waals surface area contributed by atoms with E-state index in [1.165, 1.54) is 13.0 Å². The van der Waals surface area contributed by atoms with Crippen molar-refractivity contribution in [2.45, 2.75) is 39.2 Å². The molecule has 2 N–H and O–H groups in total. The number of nitrogens with zero attached hydrogens (tertiary/aromatic N) is 1. The highest BCUT2D eigenvalue weighted by Gasteiger charge is 2.30. The third-order valence-electron chi connectivity index (χ3n) is 3.25. The van der Waals surface area contributed by atoms with Gasteiger partial charge in [0, 0.05) is 18.6 Å². The Morgan fingerprint density at radius 3 is 2.80 bits per heavy atom. The van der Waals surface area contributed by atoms with Crippen LogP contribution in [0.1, 0.15) is 33.6 Å². The van der Waals surface area contributed by atoms with Gasteiger partial charge in [0.1, 0.15) is 0 Å². The molecule has 1 rings (SSSR count). The topological polar surface area (TPSA) is 38.5 Å². The van der Waals surface area contributed by atoms with E-state index in [9.17, 15) is 0 Å². The molecule has 0 aromatic carbocycles. The van der Waals surface area contributed by atoms with Gasteiger partial charge in [0.2, 0.25) is 0 Å². The third kappa shape index (κ3) is 4.09. The van der Waals surface area contributed by atoms with E-state index in [1.54, 1.807) is 0 Å². The Labute approximate surface area is 94.0 Å². The molecule has 0 radical (unpaired) electrons. The van der Waals surface area contributed by atoms with Gasteiger partial charge >= 0.3 is 0 Å². The van der Waals surface area contributed by atoms with Crippen LogP contribution in [0.4, 0.5) is 0 Å². The molecular formula is C12H26N2O. The van der Waals surface area contributed by atoms with Crippen molar-refractivity contribution in [3.63, 3.8) is 0 Å². The summed E-state index contributed by atoms with van der Waals surface area (Å²) in [6, 6.07) is 0. The van der Waals surface area contributed by atoms with Crippen LogP contribution in [0.25, 0.3) is 0 Å². The first-order chi connectivity index (χ1) is 7.06. The van der Waals surface area contributed by atoms with E-state index in [0.29, 0.717) is 0 Å². The highest BCUT2D eigenvalue weighted by atomic mass is 16.5. The molecule has 1 aliphatic heterocycles. The summed E-state index contributed by atoms with van der Waals surface area (Å²) >= 11 is 0. The molecule has 0 amide bonds. The van der Waals surface area contributed by atoms with Gasteiger partial charge in [-0.25, -0.2) is 0 Å². The quantitative estimate of drug-likeness (QED) is 0.753. The number of morpholine rings is 1. The lowest BCUT2D eigenvalue weighted by molar-refractivity contribution is -0.0566. The Morgan fingerprint density at radius 1 is 1.47 bits per heavy atom. The van der Waals surface area contributed by atoms with Crippen molar-refractivity contribution < 1.29 is 4.74 Å². The van der Waals surface area contributed by atoms with Crippen LogP contribution in [0.15, 0.2) is 0 Å². The molecule has 0 aromatic rings. The van der Waals surface area contributed by atoms with Crippen LogP contribution in [-0.2, 0) is 4.74 Å². The summed E-state index contributed by atoms with van der Waals surface area (Å²) in [7, 11) is 0. The maximum Gasteiger partial charge on any atom is 0.0645 e. The molecule has 1 fully saturated rings. The predicted molar refractivity (Wildman–Crippen MR) is 63.9 cm³/mol. The summed E-state index contributed by atoms with van der Waals surface area (Å²) in [5.41, 5.74) is 5.73. The minimum absolute atomic E-state index is 0.204. The van der Waals surface area contributed by atoms with Gasteiger partial charge < -0.3 is 10.5 Å². The number of ether oxygens (including phenoxy) is 1. The van der Waals surface area contributed by atoms with Crippen molar-refractivity contribution in [2.75, 3.05) is 32.8 Å². The average Bonchev–Trinajstić information content (AvgIpc) is 2.18. The first-order valence-corrected chi connectivity index (χ1v) is 6.09. The van der Waals surface area contributed by atoms with Crippen LogP contribution < -0.4 is 5.73 Å². The zero-order chi connectivity index (χ0) is 11.3. The molecule has 0 aliphatic carbocycles. The van der Waals surface area contributed by atoms with Crippen molar-refractivity contribution in [3.05, 3.63) is 0 Å². The Bertz CT molecular complexity index is 182. The minimum atomic E-state index is 0.204. The lowest BCUT2D eigenvalue weighted by atomic mass is 9.98. The van der Waals surface area contributed by atoms with Gasteiger partial charge in [0.05, 0.1) is 13.2 Å². The van der Waals surface area contributed by atoms with E-state index < -0.39 is 0 Å². The molecule has 1 unspecified atom stereocenters. The molecule has 3 nitrogen and oxygen atoms in total. The molecule has 0 saturated carbocycles. The van der Waals surface area contributed by atoms with Gasteiger partial charge in [0.15, 0.2) is 0 Å². The van der Waals surface area contributed by atoms with E-state index >= 15 is 0 Å². The van der Waals surface area contributed by atoms with E-state index in [4.69, 9.17) is 10.5 Å². The van der Waals surface area contributed by atoms with Crippen LogP contribution in [0, 0.1) is 5.92 Å². The van der Waals surface area contributed by atoms with Crippen molar-refractivity contribution in [1.82, 2.24) is 4.90 Å². The zero-order valence-electron chi connectivity index (χ0n) is 10.5. The summed E-state index contributed by atoms with van der Waals surface area (Å²) in [5, 5.41) is 0. The van der Waals surface area contributed by atoms with Crippen LogP contribution in [0.5, 0.6) is 0 Å². The van der Waals surface area contributed by atoms with E-state index in [2.05, 4.69) is 25.7 Å². The Balaban J connectivity index is 2.34. The normalized spacial score (nSPS) is 24.0. The second-order valence-corrected chi connectivity index (χ2v) is 5.35. The molecule has 1 atom stereocenters. The third-order valence-corrected chi connectivity index (χ3v) is 3.25. The summed E-state index contributed by atoms with van der Waals surface area (Å²) in [4.78, 5) is 2.55. The summed E-state index contributed by atoms with van der Waals surface area (Å²) < 4.78 is 5.52. The molecule has 0 aromatic heterocycles. The predicted octanol–water partition coefficient (Wildman–Crippen LogP) is 1.47. The zero-order valence-corrected chi connectivity index (χ0v) is 10.5. The molecule has 15 heavy (non-hydrogen) atoms. The van der Waals surface area contributed by atoms with Crippen LogP contribution in [0.3, 0.4) is 0 Å². The fourth-order valence-corrected chi connectivity index (χ4v) is 2.16. The molecule has 0 spiro atoms. The molecule has 3 heteroatoms. The molecular weight excluding hydrogens is 188 g/mol. The van der Waals surface area contributed by atoms with Gasteiger partial charge in [-0.15, -0.1) is 0 Å². The highest BCUT2D eigenvalue weighted by Crippen LogP contribution is 2.21. The van der Waals surface area contributed by atoms with Crippen LogP contribution in [0.2, 0.25) is 0 Å². The van der Waals surface area contributed by atoms with Gasteiger partial charge in [-0.3, -0.25) is 4.90 Å². The largest absolute Gasteiger partial charge is 0.378 e. The summed E-state index contributed by atoms with van der Waals surface area (Å²) in [6.45, 7) is 11.7. The fraction of sp³-hybridized carbons (Fsp3) is 1.00. The standard InChI is InChI=1S/C12H26N2O/c1-11(5-4-6-13)9-14-7-8-15-10-12(14,2)3/h11H,4-10,13H2,1-3H3. The first kappa shape index (κ1) is 12.9. The lowest BCUT2D eigenvalue weighted by Crippen LogP contribution is -2.54. The van der Waals surface area contributed by atoms with Crippen molar-refractivity contribution in [3.8, 4) is 0 Å². The Hall–Kier alpha value is -0.120. The van der Waals surface area contributed by atoms with Crippen molar-refractivity contribution >= 4 is 0 Å². The van der Waals surface area contributed by atoms with Gasteiger partial charge in [-0.1, -0.05) is 6.92 Å². The van der Waals surface area contributed by atoms with Crippen LogP contribution >= 0.6 is 0 Å². The summed E-state index contributed by atoms with van der Waals surface area (Å²) in [6.07, 6.45) is 2.38. The maximum absolute atomic E-state index is 5.53. The van der Waals surface area contributed by atoms with E-state index in [-0.39, 0.29) is 5.54 Å². The van der Waals surface area contributed by atoms with Crippen molar-refractivity contribution in [1.29, 1.82) is 0 Å². The van der Waals surface area contributed by atoms with Gasteiger partial charge in [-0.2, -0.15) is 0 Å². The van der Waals surface area contributed by atoms with E-state index in [0.717, 1.165) is 38.6 Å². The second kappa shape index (κ2) is 5.83. The molecule has 0 bridgehead atoms. The Kier molecular flexibility index (Phi) is 5.03. The lowest BCUT2D eigenvalue weighted by Gasteiger charge is -2.43. The van der Waals surface area contributed by atoms with Crippen LogP contribution in [-0.4, -0.2) is 43.3 Å².